The monoisotopic (exact) mass is 295 g/mol. The van der Waals surface area contributed by atoms with Gasteiger partial charge >= 0.3 is 0 Å². The van der Waals surface area contributed by atoms with Gasteiger partial charge in [-0.3, -0.25) is 0 Å². The number of nitrogens with zero attached hydrogens (tertiary/aromatic N) is 1. The van der Waals surface area contributed by atoms with Crippen molar-refractivity contribution in [3.05, 3.63) is 77.3 Å². The lowest BCUT2D eigenvalue weighted by atomic mass is 10.2. The zero-order chi connectivity index (χ0) is 14.3. The smallest absolute Gasteiger partial charge is 0.123 e. The van der Waals surface area contributed by atoms with Crippen LogP contribution < -0.4 is 0 Å². The van der Waals surface area contributed by atoms with Gasteiger partial charge in [-0.25, -0.2) is 4.98 Å². The minimum atomic E-state index is 0.672. The summed E-state index contributed by atoms with van der Waals surface area (Å²) in [5.74, 6) is 0. The average Bonchev–Trinajstić information content (AvgIpc) is 3.02. The van der Waals surface area contributed by atoms with Gasteiger partial charge in [0.2, 0.25) is 0 Å². The molecule has 3 rings (SSSR count). The van der Waals surface area contributed by atoms with Gasteiger partial charge in [0.05, 0.1) is 13.2 Å². The average molecular weight is 295 g/mol. The van der Waals surface area contributed by atoms with Gasteiger partial charge in [-0.1, -0.05) is 60.7 Å². The van der Waals surface area contributed by atoms with E-state index in [0.29, 0.717) is 6.61 Å². The highest BCUT2D eigenvalue weighted by molar-refractivity contribution is 7.15. The molecule has 0 saturated carbocycles. The summed E-state index contributed by atoms with van der Waals surface area (Å²) in [5.41, 5.74) is 2.39. The third-order valence-corrected chi connectivity index (χ3v) is 4.28. The van der Waals surface area contributed by atoms with Crippen LogP contribution in [0.4, 0.5) is 0 Å². The fraction of sp³-hybridized carbons (Fsp3) is 0.167. The zero-order valence-corrected chi connectivity index (χ0v) is 12.6. The van der Waals surface area contributed by atoms with Crippen LogP contribution >= 0.6 is 11.3 Å². The molecule has 2 nitrogen and oxygen atoms in total. The largest absolute Gasteiger partial charge is 0.376 e. The van der Waals surface area contributed by atoms with E-state index in [1.807, 2.05) is 42.6 Å². The SMILES string of the molecule is c1ccc(COCCc2cnc(-c3ccccc3)s2)cc1. The van der Waals surface area contributed by atoms with E-state index >= 15 is 0 Å². The van der Waals surface area contributed by atoms with Crippen LogP contribution in [0.25, 0.3) is 10.6 Å². The Morgan fingerprint density at radius 3 is 2.38 bits per heavy atom. The van der Waals surface area contributed by atoms with Crippen molar-refractivity contribution in [2.45, 2.75) is 13.0 Å². The Bertz CT molecular complexity index is 664. The fourth-order valence-electron chi connectivity index (χ4n) is 2.07. The van der Waals surface area contributed by atoms with E-state index in [4.69, 9.17) is 4.74 Å². The van der Waals surface area contributed by atoms with E-state index in [1.54, 1.807) is 11.3 Å². The number of ether oxygens (including phenoxy) is 1. The predicted octanol–water partition coefficient (Wildman–Crippen LogP) is 4.57. The van der Waals surface area contributed by atoms with Gasteiger partial charge in [0, 0.05) is 23.1 Å². The number of benzene rings is 2. The molecule has 0 bridgehead atoms. The topological polar surface area (TPSA) is 22.1 Å². The molecule has 0 aliphatic heterocycles. The van der Waals surface area contributed by atoms with Crippen molar-refractivity contribution in [3.8, 4) is 10.6 Å². The van der Waals surface area contributed by atoms with Crippen LogP contribution in [0.3, 0.4) is 0 Å². The molecule has 0 saturated heterocycles. The molecule has 0 N–H and O–H groups in total. The van der Waals surface area contributed by atoms with E-state index in [-0.39, 0.29) is 0 Å². The van der Waals surface area contributed by atoms with E-state index in [2.05, 4.69) is 29.2 Å². The molecule has 1 heterocycles. The lowest BCUT2D eigenvalue weighted by molar-refractivity contribution is 0.124. The highest BCUT2D eigenvalue weighted by Crippen LogP contribution is 2.25. The molecule has 21 heavy (non-hydrogen) atoms. The maximum absolute atomic E-state index is 5.72. The Hall–Kier alpha value is -1.97. The second-order valence-corrected chi connectivity index (χ2v) is 5.90. The van der Waals surface area contributed by atoms with Crippen LogP contribution in [0.15, 0.2) is 66.9 Å². The van der Waals surface area contributed by atoms with Crippen molar-refractivity contribution in [2.75, 3.05) is 6.61 Å². The number of thiazole rings is 1. The maximum atomic E-state index is 5.72. The fourth-order valence-corrected chi connectivity index (χ4v) is 2.97. The van der Waals surface area contributed by atoms with Crippen molar-refractivity contribution in [2.24, 2.45) is 0 Å². The summed E-state index contributed by atoms with van der Waals surface area (Å²) in [6.45, 7) is 1.40. The number of hydrogen-bond acceptors (Lipinski definition) is 3. The van der Waals surface area contributed by atoms with E-state index in [0.717, 1.165) is 18.0 Å². The molecule has 0 aliphatic rings. The first-order chi connectivity index (χ1) is 10.4. The summed E-state index contributed by atoms with van der Waals surface area (Å²) >= 11 is 1.74. The summed E-state index contributed by atoms with van der Waals surface area (Å²) in [7, 11) is 0. The summed E-state index contributed by atoms with van der Waals surface area (Å²) in [5, 5.41) is 1.08. The molecule has 0 fully saturated rings. The third-order valence-electron chi connectivity index (χ3n) is 3.18. The van der Waals surface area contributed by atoms with Gasteiger partial charge in [0.25, 0.3) is 0 Å². The van der Waals surface area contributed by atoms with Crippen molar-refractivity contribution >= 4 is 11.3 Å². The lowest BCUT2D eigenvalue weighted by Gasteiger charge is -2.02. The van der Waals surface area contributed by atoms with Crippen LogP contribution in [-0.4, -0.2) is 11.6 Å². The van der Waals surface area contributed by atoms with Crippen LogP contribution in [0.5, 0.6) is 0 Å². The molecular formula is C18H17NOS. The van der Waals surface area contributed by atoms with Gasteiger partial charge < -0.3 is 4.74 Å². The normalized spacial score (nSPS) is 10.7. The molecule has 3 heteroatoms. The third kappa shape index (κ3) is 4.00. The van der Waals surface area contributed by atoms with Gasteiger partial charge in [0.15, 0.2) is 0 Å². The Morgan fingerprint density at radius 1 is 0.905 bits per heavy atom. The number of hydrogen-bond donors (Lipinski definition) is 0. The molecule has 0 radical (unpaired) electrons. The van der Waals surface area contributed by atoms with Crippen molar-refractivity contribution in [1.82, 2.24) is 4.98 Å². The van der Waals surface area contributed by atoms with Crippen LogP contribution in [0, 0.1) is 0 Å². The Morgan fingerprint density at radius 2 is 1.62 bits per heavy atom. The van der Waals surface area contributed by atoms with Crippen molar-refractivity contribution in [1.29, 1.82) is 0 Å². The predicted molar refractivity (Wildman–Crippen MR) is 87.4 cm³/mol. The molecule has 3 aromatic rings. The van der Waals surface area contributed by atoms with E-state index in [9.17, 15) is 0 Å². The second kappa shape index (κ2) is 7.16. The maximum Gasteiger partial charge on any atom is 0.123 e. The summed E-state index contributed by atoms with van der Waals surface area (Å²) in [4.78, 5) is 5.75. The first-order valence-corrected chi connectivity index (χ1v) is 7.85. The second-order valence-electron chi connectivity index (χ2n) is 4.79. The molecule has 0 spiro atoms. The summed E-state index contributed by atoms with van der Waals surface area (Å²) in [6, 6.07) is 20.5. The van der Waals surface area contributed by atoms with Gasteiger partial charge in [-0.2, -0.15) is 0 Å². The van der Waals surface area contributed by atoms with Crippen LogP contribution in [0.2, 0.25) is 0 Å². The molecular weight excluding hydrogens is 278 g/mol. The quantitative estimate of drug-likeness (QED) is 0.621. The highest BCUT2D eigenvalue weighted by Gasteiger charge is 2.04. The van der Waals surface area contributed by atoms with Gasteiger partial charge in [0.1, 0.15) is 5.01 Å². The Labute approximate surface area is 129 Å². The van der Waals surface area contributed by atoms with Crippen molar-refractivity contribution < 1.29 is 4.74 Å². The molecule has 2 aromatic carbocycles. The molecule has 0 atom stereocenters. The van der Waals surface area contributed by atoms with Crippen molar-refractivity contribution in [3.63, 3.8) is 0 Å². The molecule has 1 aromatic heterocycles. The summed E-state index contributed by atoms with van der Waals surface area (Å²) in [6.07, 6.45) is 2.87. The number of aromatic nitrogens is 1. The first-order valence-electron chi connectivity index (χ1n) is 7.03. The van der Waals surface area contributed by atoms with E-state index < -0.39 is 0 Å². The molecule has 106 valence electrons. The Kier molecular flexibility index (Phi) is 4.77. The minimum Gasteiger partial charge on any atom is -0.376 e. The van der Waals surface area contributed by atoms with E-state index in [1.165, 1.54) is 16.0 Å². The number of rotatable bonds is 6. The highest BCUT2D eigenvalue weighted by atomic mass is 32.1. The standard InChI is InChI=1S/C18H17NOS/c1-3-7-15(8-4-1)14-20-12-11-17-13-19-18(21-17)16-9-5-2-6-10-16/h1-10,13H,11-12,14H2. The minimum absolute atomic E-state index is 0.672. The Balaban J connectivity index is 1.49. The van der Waals surface area contributed by atoms with Gasteiger partial charge in [-0.05, 0) is 5.56 Å². The first kappa shape index (κ1) is 14.0. The van der Waals surface area contributed by atoms with Crippen LogP contribution in [0.1, 0.15) is 10.4 Å². The summed E-state index contributed by atoms with van der Waals surface area (Å²) < 4.78 is 5.72. The van der Waals surface area contributed by atoms with Gasteiger partial charge in [-0.15, -0.1) is 11.3 Å². The molecule has 0 aliphatic carbocycles. The molecule has 0 amide bonds. The molecule has 0 unspecified atom stereocenters. The zero-order valence-electron chi connectivity index (χ0n) is 11.7. The lowest BCUT2D eigenvalue weighted by Crippen LogP contribution is -1.97. The van der Waals surface area contributed by atoms with Crippen LogP contribution in [-0.2, 0) is 17.8 Å².